The van der Waals surface area contributed by atoms with E-state index in [0.717, 1.165) is 66.9 Å². The van der Waals surface area contributed by atoms with Crippen molar-refractivity contribution in [3.63, 3.8) is 0 Å². The van der Waals surface area contributed by atoms with Crippen molar-refractivity contribution in [3.05, 3.63) is 54.4 Å². The van der Waals surface area contributed by atoms with E-state index in [9.17, 15) is 9.90 Å². The summed E-state index contributed by atoms with van der Waals surface area (Å²) in [6.07, 6.45) is 5.99. The molecule has 168 valence electrons. The van der Waals surface area contributed by atoms with Crippen LogP contribution >= 0.6 is 0 Å². The molecule has 1 amide bonds. The highest BCUT2D eigenvalue weighted by Gasteiger charge is 2.34. The van der Waals surface area contributed by atoms with Crippen molar-refractivity contribution in [3.8, 4) is 11.1 Å². The number of fused-ring (bicyclic) bond motifs is 1. The van der Waals surface area contributed by atoms with Crippen molar-refractivity contribution in [2.24, 2.45) is 11.7 Å². The molecule has 3 N–H and O–H groups in total. The fraction of sp³-hybridized carbons (Fsp3) is 0.440. The van der Waals surface area contributed by atoms with Crippen LogP contribution in [0, 0.1) is 5.92 Å². The standard InChI is InChI=1S/C25H31N5O2/c1-25(2,32)23(26)18-5-3-17(4-6-18)20-15-22-21(9-10-27-30(22)16-20)28-11-13-29(14-12-28)24(31)19-7-8-19/h3-6,9-10,15-16,19,23,32H,7-8,11-14,26H2,1-2H3. The molecule has 5 rings (SSSR count). The molecule has 0 radical (unpaired) electrons. The van der Waals surface area contributed by atoms with Gasteiger partial charge >= 0.3 is 0 Å². The highest BCUT2D eigenvalue weighted by atomic mass is 16.3. The molecule has 1 atom stereocenters. The second-order valence-electron chi connectivity index (χ2n) is 9.61. The van der Waals surface area contributed by atoms with Crippen LogP contribution in [-0.4, -0.2) is 57.3 Å². The molecule has 3 heterocycles. The van der Waals surface area contributed by atoms with Crippen molar-refractivity contribution < 1.29 is 9.90 Å². The fourth-order valence-corrected chi connectivity index (χ4v) is 4.47. The number of amides is 1. The van der Waals surface area contributed by atoms with Crippen LogP contribution in [0.1, 0.15) is 38.3 Å². The topological polar surface area (TPSA) is 87.1 Å². The van der Waals surface area contributed by atoms with E-state index in [0.29, 0.717) is 5.91 Å². The molecule has 3 aromatic rings. The van der Waals surface area contributed by atoms with Crippen molar-refractivity contribution in [2.45, 2.75) is 38.3 Å². The highest BCUT2D eigenvalue weighted by molar-refractivity contribution is 5.82. The molecule has 2 aliphatic rings. The molecule has 1 saturated heterocycles. The molecule has 2 aromatic heterocycles. The van der Waals surface area contributed by atoms with Gasteiger partial charge in [-0.1, -0.05) is 24.3 Å². The lowest BCUT2D eigenvalue weighted by Gasteiger charge is -2.36. The third kappa shape index (κ3) is 3.98. The Morgan fingerprint density at radius 2 is 1.78 bits per heavy atom. The van der Waals surface area contributed by atoms with Crippen LogP contribution in [0.25, 0.3) is 16.6 Å². The van der Waals surface area contributed by atoms with Crippen LogP contribution in [0.3, 0.4) is 0 Å². The van der Waals surface area contributed by atoms with Crippen LogP contribution in [0.5, 0.6) is 0 Å². The third-order valence-corrected chi connectivity index (χ3v) is 6.71. The number of rotatable bonds is 5. The Morgan fingerprint density at radius 1 is 1.09 bits per heavy atom. The number of benzene rings is 1. The van der Waals surface area contributed by atoms with Gasteiger partial charge in [0.15, 0.2) is 0 Å². The quantitative estimate of drug-likeness (QED) is 0.646. The predicted molar refractivity (Wildman–Crippen MR) is 125 cm³/mol. The van der Waals surface area contributed by atoms with Crippen molar-refractivity contribution in [1.82, 2.24) is 14.5 Å². The monoisotopic (exact) mass is 433 g/mol. The molecule has 0 spiro atoms. The Balaban J connectivity index is 1.36. The summed E-state index contributed by atoms with van der Waals surface area (Å²) in [7, 11) is 0. The third-order valence-electron chi connectivity index (χ3n) is 6.71. The molecule has 7 heteroatoms. The number of carbonyl (C=O) groups excluding carboxylic acids is 1. The highest BCUT2D eigenvalue weighted by Crippen LogP contribution is 2.33. The molecule has 32 heavy (non-hydrogen) atoms. The number of nitrogens with zero attached hydrogens (tertiary/aromatic N) is 4. The van der Waals surface area contributed by atoms with E-state index in [4.69, 9.17) is 5.73 Å². The number of aromatic nitrogens is 2. The summed E-state index contributed by atoms with van der Waals surface area (Å²) >= 11 is 0. The van der Waals surface area contributed by atoms with Crippen LogP contribution < -0.4 is 10.6 Å². The summed E-state index contributed by atoms with van der Waals surface area (Å²) in [5.41, 5.74) is 10.5. The summed E-state index contributed by atoms with van der Waals surface area (Å²) in [6.45, 7) is 6.67. The molecule has 1 aromatic carbocycles. The van der Waals surface area contributed by atoms with Gasteiger partial charge in [-0.05, 0) is 49.9 Å². The minimum atomic E-state index is -0.974. The summed E-state index contributed by atoms with van der Waals surface area (Å²) in [5.74, 6) is 0.619. The SMILES string of the molecule is CC(C)(O)C(N)c1ccc(-c2cc3c(N4CCN(C(=O)C5CC5)CC4)ccnn3c2)cc1. The lowest BCUT2D eigenvalue weighted by atomic mass is 9.92. The Hall–Kier alpha value is -2.90. The lowest BCUT2D eigenvalue weighted by Crippen LogP contribution is -2.49. The number of carbonyl (C=O) groups is 1. The van der Waals surface area contributed by atoms with E-state index in [-0.39, 0.29) is 5.92 Å². The molecular formula is C25H31N5O2. The number of nitrogens with two attached hydrogens (primary N) is 1. The van der Waals surface area contributed by atoms with Crippen LogP contribution in [-0.2, 0) is 4.79 Å². The normalized spacial score (nSPS) is 18.2. The van der Waals surface area contributed by atoms with E-state index in [2.05, 4.69) is 22.1 Å². The second-order valence-corrected chi connectivity index (χ2v) is 9.61. The molecule has 1 saturated carbocycles. The van der Waals surface area contributed by atoms with E-state index < -0.39 is 11.6 Å². The molecule has 1 unspecified atom stereocenters. The fourth-order valence-electron chi connectivity index (χ4n) is 4.47. The van der Waals surface area contributed by atoms with Gasteiger partial charge in [-0.15, -0.1) is 0 Å². The average molecular weight is 434 g/mol. The Bertz CT molecular complexity index is 1120. The molecule has 7 nitrogen and oxygen atoms in total. The molecule has 2 fully saturated rings. The molecule has 1 aliphatic carbocycles. The van der Waals surface area contributed by atoms with E-state index in [1.807, 2.05) is 46.1 Å². The summed E-state index contributed by atoms with van der Waals surface area (Å²) in [4.78, 5) is 16.7. The van der Waals surface area contributed by atoms with Gasteiger partial charge < -0.3 is 20.6 Å². The number of piperazine rings is 1. The van der Waals surface area contributed by atoms with Crippen molar-refractivity contribution in [2.75, 3.05) is 31.1 Å². The van der Waals surface area contributed by atoms with Gasteiger partial charge in [-0.2, -0.15) is 5.10 Å². The van der Waals surface area contributed by atoms with Crippen molar-refractivity contribution >= 4 is 17.1 Å². The van der Waals surface area contributed by atoms with E-state index in [1.54, 1.807) is 13.8 Å². The minimum Gasteiger partial charge on any atom is -0.388 e. The van der Waals surface area contributed by atoms with Crippen molar-refractivity contribution in [1.29, 1.82) is 0 Å². The van der Waals surface area contributed by atoms with Gasteiger partial charge in [0.2, 0.25) is 5.91 Å². The first-order valence-corrected chi connectivity index (χ1v) is 11.4. The molecule has 1 aliphatic heterocycles. The van der Waals surface area contributed by atoms with Gasteiger partial charge in [0.05, 0.1) is 22.8 Å². The smallest absolute Gasteiger partial charge is 0.225 e. The summed E-state index contributed by atoms with van der Waals surface area (Å²) in [6, 6.07) is 11.8. The van der Waals surface area contributed by atoms with Gasteiger partial charge in [-0.3, -0.25) is 4.79 Å². The molecule has 0 bridgehead atoms. The zero-order chi connectivity index (χ0) is 22.5. The largest absolute Gasteiger partial charge is 0.388 e. The predicted octanol–water partition coefficient (Wildman–Crippen LogP) is 2.83. The second kappa shape index (κ2) is 7.90. The Kier molecular flexibility index (Phi) is 5.18. The summed E-state index contributed by atoms with van der Waals surface area (Å²) in [5, 5.41) is 14.7. The van der Waals surface area contributed by atoms with E-state index >= 15 is 0 Å². The number of hydrogen-bond acceptors (Lipinski definition) is 5. The number of anilines is 1. The van der Waals surface area contributed by atoms with Gasteiger partial charge in [0.1, 0.15) is 0 Å². The maximum atomic E-state index is 12.4. The molecular weight excluding hydrogens is 402 g/mol. The van der Waals surface area contributed by atoms with Crippen LogP contribution in [0.2, 0.25) is 0 Å². The van der Waals surface area contributed by atoms with Crippen LogP contribution in [0.4, 0.5) is 5.69 Å². The zero-order valence-electron chi connectivity index (χ0n) is 18.7. The van der Waals surface area contributed by atoms with Gasteiger partial charge in [-0.25, -0.2) is 4.52 Å². The first-order valence-electron chi connectivity index (χ1n) is 11.4. The maximum Gasteiger partial charge on any atom is 0.225 e. The summed E-state index contributed by atoms with van der Waals surface area (Å²) < 4.78 is 1.92. The number of hydrogen-bond donors (Lipinski definition) is 2. The zero-order valence-corrected chi connectivity index (χ0v) is 18.7. The first kappa shape index (κ1) is 21.0. The Labute approximate surface area is 188 Å². The first-order chi connectivity index (χ1) is 15.3. The van der Waals surface area contributed by atoms with Crippen LogP contribution in [0.15, 0.2) is 48.8 Å². The Morgan fingerprint density at radius 3 is 2.41 bits per heavy atom. The van der Waals surface area contributed by atoms with E-state index in [1.165, 1.54) is 0 Å². The number of aliphatic hydroxyl groups is 1. The maximum absolute atomic E-state index is 12.4. The average Bonchev–Trinajstić information content (AvgIpc) is 3.55. The minimum absolute atomic E-state index is 0.284. The lowest BCUT2D eigenvalue weighted by molar-refractivity contribution is -0.132. The van der Waals surface area contributed by atoms with Gasteiger partial charge in [0, 0.05) is 50.1 Å². The van der Waals surface area contributed by atoms with Gasteiger partial charge in [0.25, 0.3) is 0 Å².